The van der Waals surface area contributed by atoms with Crippen LogP contribution in [0.1, 0.15) is 31.0 Å². The topological polar surface area (TPSA) is 76.7 Å². The molecule has 6 heteroatoms. The van der Waals surface area contributed by atoms with E-state index < -0.39 is 0 Å². The predicted molar refractivity (Wildman–Crippen MR) is 81.3 cm³/mol. The molecule has 2 rings (SSSR count). The van der Waals surface area contributed by atoms with Gasteiger partial charge < -0.3 is 5.73 Å². The molecule has 0 saturated carbocycles. The number of nitrogens with zero attached hydrogens (tertiary/aromatic N) is 2. The van der Waals surface area contributed by atoms with Gasteiger partial charge in [0.1, 0.15) is 0 Å². The van der Waals surface area contributed by atoms with E-state index >= 15 is 0 Å². The monoisotopic (exact) mass is 292 g/mol. The van der Waals surface area contributed by atoms with Crippen LogP contribution in [-0.2, 0) is 6.42 Å². The lowest BCUT2D eigenvalue weighted by molar-refractivity contribution is 0.534. The summed E-state index contributed by atoms with van der Waals surface area (Å²) >= 11 is 1.50. The molecule has 0 saturated heterocycles. The van der Waals surface area contributed by atoms with E-state index in [1.807, 2.05) is 13.8 Å². The predicted octanol–water partition coefficient (Wildman–Crippen LogP) is 2.11. The second-order valence-corrected chi connectivity index (χ2v) is 6.04. The summed E-state index contributed by atoms with van der Waals surface area (Å²) in [6, 6.07) is 6.34. The van der Waals surface area contributed by atoms with Crippen molar-refractivity contribution in [3.8, 4) is 0 Å². The first-order chi connectivity index (χ1) is 9.52. The maximum Gasteiger partial charge on any atom is 0.344 e. The Hall–Kier alpha value is -1.53. The van der Waals surface area contributed by atoms with E-state index in [4.69, 9.17) is 5.73 Å². The molecule has 0 radical (unpaired) electrons. The van der Waals surface area contributed by atoms with Gasteiger partial charge in [0.2, 0.25) is 0 Å². The van der Waals surface area contributed by atoms with Crippen molar-refractivity contribution < 1.29 is 0 Å². The molecule has 0 aliphatic heterocycles. The molecule has 0 spiro atoms. The average Bonchev–Trinajstić information content (AvgIpc) is 2.74. The first-order valence-electron chi connectivity index (χ1n) is 6.67. The van der Waals surface area contributed by atoms with Crippen LogP contribution in [0.25, 0.3) is 0 Å². The Kier molecular flexibility index (Phi) is 4.67. The summed E-state index contributed by atoms with van der Waals surface area (Å²) in [5.41, 5.74) is 7.90. The summed E-state index contributed by atoms with van der Waals surface area (Å²) in [5, 5.41) is 7.31. The molecular weight excluding hydrogens is 272 g/mol. The third kappa shape index (κ3) is 3.13. The van der Waals surface area contributed by atoms with Gasteiger partial charge in [-0.05, 0) is 57.1 Å². The summed E-state index contributed by atoms with van der Waals surface area (Å²) in [6.45, 7) is 6.61. The van der Waals surface area contributed by atoms with Crippen LogP contribution in [0, 0.1) is 6.92 Å². The van der Waals surface area contributed by atoms with Crippen LogP contribution < -0.4 is 11.4 Å². The lowest BCUT2D eigenvalue weighted by Crippen LogP contribution is -2.19. The fourth-order valence-electron chi connectivity index (χ4n) is 2.07. The molecule has 20 heavy (non-hydrogen) atoms. The van der Waals surface area contributed by atoms with E-state index in [-0.39, 0.29) is 11.7 Å². The molecule has 3 N–H and O–H groups in total. The van der Waals surface area contributed by atoms with Gasteiger partial charge >= 0.3 is 5.69 Å². The molecule has 0 amide bonds. The number of hydrogen-bond donors (Lipinski definition) is 2. The molecule has 5 nitrogen and oxygen atoms in total. The Bertz CT molecular complexity index is 645. The van der Waals surface area contributed by atoms with E-state index in [1.54, 1.807) is 4.57 Å². The summed E-state index contributed by atoms with van der Waals surface area (Å²) in [6.07, 6.45) is 0.820. The molecule has 108 valence electrons. The van der Waals surface area contributed by atoms with Gasteiger partial charge in [-0.25, -0.2) is 9.89 Å². The normalized spacial score (nSPS) is 11.2. The second kappa shape index (κ2) is 6.28. The second-order valence-electron chi connectivity index (χ2n) is 5.03. The third-order valence-electron chi connectivity index (χ3n) is 3.02. The molecule has 0 aliphatic rings. The van der Waals surface area contributed by atoms with Crippen LogP contribution in [0.15, 0.2) is 33.0 Å². The van der Waals surface area contributed by atoms with Crippen LogP contribution in [0.4, 0.5) is 0 Å². The molecule has 2 aromatic rings. The van der Waals surface area contributed by atoms with Crippen molar-refractivity contribution in [3.63, 3.8) is 0 Å². The Morgan fingerprint density at radius 1 is 1.45 bits per heavy atom. The fraction of sp³-hybridized carbons (Fsp3) is 0.429. The Labute approximate surface area is 122 Å². The van der Waals surface area contributed by atoms with E-state index in [1.165, 1.54) is 22.9 Å². The van der Waals surface area contributed by atoms with E-state index in [2.05, 4.69) is 35.3 Å². The van der Waals surface area contributed by atoms with Crippen molar-refractivity contribution in [1.82, 2.24) is 14.8 Å². The number of aromatic nitrogens is 3. The Morgan fingerprint density at radius 2 is 2.20 bits per heavy atom. The number of nitrogens with one attached hydrogen (secondary N) is 1. The summed E-state index contributed by atoms with van der Waals surface area (Å²) < 4.78 is 1.66. The largest absolute Gasteiger partial charge is 0.344 e. The minimum atomic E-state index is -0.171. The zero-order valence-electron chi connectivity index (χ0n) is 12.0. The van der Waals surface area contributed by atoms with Gasteiger partial charge in [0.15, 0.2) is 5.16 Å². The molecule has 1 aromatic heterocycles. The van der Waals surface area contributed by atoms with Crippen LogP contribution in [0.5, 0.6) is 0 Å². The number of benzene rings is 1. The number of aromatic amines is 1. The summed E-state index contributed by atoms with van der Waals surface area (Å²) in [7, 11) is 0. The minimum absolute atomic E-state index is 0.0761. The molecule has 0 atom stereocenters. The number of hydrogen-bond acceptors (Lipinski definition) is 4. The highest BCUT2D eigenvalue weighted by Crippen LogP contribution is 2.30. The molecular formula is C14H20N4OS. The average molecular weight is 292 g/mol. The molecule has 0 unspecified atom stereocenters. The standard InChI is InChI=1S/C14H20N4OS/c1-9(2)18-13(19)16-17-14(18)20-12-5-4-10(3)8-11(12)6-7-15/h4-5,8-9H,6-7,15H2,1-3H3,(H,16,19). The van der Waals surface area contributed by atoms with Crippen molar-refractivity contribution in [2.24, 2.45) is 5.73 Å². The maximum absolute atomic E-state index is 11.7. The van der Waals surface area contributed by atoms with E-state index in [9.17, 15) is 4.79 Å². The minimum Gasteiger partial charge on any atom is -0.330 e. The van der Waals surface area contributed by atoms with Gasteiger partial charge in [-0.15, -0.1) is 5.10 Å². The number of nitrogens with two attached hydrogens (primary N) is 1. The molecule has 1 aromatic carbocycles. The zero-order valence-corrected chi connectivity index (χ0v) is 12.8. The van der Waals surface area contributed by atoms with Gasteiger partial charge in [0.25, 0.3) is 0 Å². The van der Waals surface area contributed by atoms with Gasteiger partial charge in [0.05, 0.1) is 0 Å². The molecule has 0 aliphatic carbocycles. The van der Waals surface area contributed by atoms with Crippen LogP contribution >= 0.6 is 11.8 Å². The lowest BCUT2D eigenvalue weighted by atomic mass is 10.1. The van der Waals surface area contributed by atoms with Crippen LogP contribution in [0.2, 0.25) is 0 Å². The quantitative estimate of drug-likeness (QED) is 0.885. The maximum atomic E-state index is 11.7. The summed E-state index contributed by atoms with van der Waals surface area (Å²) in [5.74, 6) is 0. The highest BCUT2D eigenvalue weighted by molar-refractivity contribution is 7.99. The van der Waals surface area contributed by atoms with Gasteiger partial charge in [-0.3, -0.25) is 4.57 Å². The van der Waals surface area contributed by atoms with Crippen molar-refractivity contribution in [1.29, 1.82) is 0 Å². The number of H-pyrrole nitrogens is 1. The van der Waals surface area contributed by atoms with E-state index in [0.29, 0.717) is 11.7 Å². The van der Waals surface area contributed by atoms with Gasteiger partial charge in [0, 0.05) is 10.9 Å². The Balaban J connectivity index is 2.37. The van der Waals surface area contributed by atoms with Crippen molar-refractivity contribution in [2.75, 3.05) is 6.54 Å². The third-order valence-corrected chi connectivity index (χ3v) is 4.11. The van der Waals surface area contributed by atoms with Crippen molar-refractivity contribution in [3.05, 3.63) is 39.8 Å². The smallest absolute Gasteiger partial charge is 0.330 e. The highest BCUT2D eigenvalue weighted by Gasteiger charge is 2.14. The van der Waals surface area contributed by atoms with Crippen molar-refractivity contribution >= 4 is 11.8 Å². The number of aryl methyl sites for hydroxylation is 1. The van der Waals surface area contributed by atoms with E-state index in [0.717, 1.165) is 11.3 Å². The SMILES string of the molecule is Cc1ccc(Sc2n[nH]c(=O)n2C(C)C)c(CCN)c1. The first-order valence-corrected chi connectivity index (χ1v) is 7.49. The fourth-order valence-corrected chi connectivity index (χ4v) is 3.18. The van der Waals surface area contributed by atoms with Crippen LogP contribution in [-0.4, -0.2) is 21.3 Å². The van der Waals surface area contributed by atoms with Gasteiger partial charge in [-0.1, -0.05) is 17.7 Å². The number of rotatable bonds is 5. The van der Waals surface area contributed by atoms with Gasteiger partial charge in [-0.2, -0.15) is 0 Å². The zero-order chi connectivity index (χ0) is 14.7. The Morgan fingerprint density at radius 3 is 2.85 bits per heavy atom. The molecule has 1 heterocycles. The lowest BCUT2D eigenvalue weighted by Gasteiger charge is -2.11. The molecule has 0 fully saturated rings. The summed E-state index contributed by atoms with van der Waals surface area (Å²) in [4.78, 5) is 12.8. The first kappa shape index (κ1) is 14.9. The molecule has 0 bridgehead atoms. The van der Waals surface area contributed by atoms with Crippen LogP contribution in [0.3, 0.4) is 0 Å². The van der Waals surface area contributed by atoms with Crippen molar-refractivity contribution in [2.45, 2.75) is 43.3 Å². The highest BCUT2D eigenvalue weighted by atomic mass is 32.2.